The van der Waals surface area contributed by atoms with Gasteiger partial charge in [-0.2, -0.15) is 16.7 Å². The van der Waals surface area contributed by atoms with Crippen molar-refractivity contribution in [2.75, 3.05) is 29.2 Å². The second kappa shape index (κ2) is 6.89. The van der Waals surface area contributed by atoms with E-state index in [0.717, 1.165) is 11.6 Å². The Kier molecular flexibility index (Phi) is 5.19. The minimum atomic E-state index is 0.465. The second-order valence-electron chi connectivity index (χ2n) is 5.35. The quantitative estimate of drug-likeness (QED) is 0.869. The molecular weight excluding hydrogens is 258 g/mol. The number of nitrogens with one attached hydrogen (secondary N) is 1. The zero-order valence-electron chi connectivity index (χ0n) is 11.7. The van der Waals surface area contributed by atoms with E-state index < -0.39 is 0 Å². The molecule has 4 nitrogen and oxygen atoms in total. The number of pyridine rings is 1. The summed E-state index contributed by atoms with van der Waals surface area (Å²) in [6, 6.07) is 4.30. The fourth-order valence-electron chi connectivity index (χ4n) is 1.96. The fourth-order valence-corrected chi connectivity index (χ4v) is 3.03. The summed E-state index contributed by atoms with van der Waals surface area (Å²) in [6.45, 7) is 4.86. The molecule has 0 radical (unpaired) electrons. The molecule has 1 aromatic rings. The zero-order chi connectivity index (χ0) is 13.7. The molecule has 19 heavy (non-hydrogen) atoms. The number of nitrogens with zero attached hydrogens (tertiary/aromatic N) is 1. The van der Waals surface area contributed by atoms with E-state index in [-0.39, 0.29) is 0 Å². The van der Waals surface area contributed by atoms with Gasteiger partial charge in [0.2, 0.25) is 5.88 Å². The average molecular weight is 281 g/mol. The van der Waals surface area contributed by atoms with Crippen molar-refractivity contribution in [1.82, 2.24) is 4.98 Å². The lowest BCUT2D eigenvalue weighted by Gasteiger charge is -2.23. The molecule has 2 rings (SSSR count). The first-order valence-corrected chi connectivity index (χ1v) is 8.04. The first-order chi connectivity index (χ1) is 9.15. The molecule has 0 saturated carbocycles. The van der Waals surface area contributed by atoms with E-state index in [1.165, 1.54) is 18.6 Å². The van der Waals surface area contributed by atoms with Crippen molar-refractivity contribution in [2.24, 2.45) is 5.92 Å². The molecule has 0 spiro atoms. The van der Waals surface area contributed by atoms with Crippen LogP contribution in [0.2, 0.25) is 0 Å². The summed E-state index contributed by atoms with van der Waals surface area (Å²) in [7, 11) is 0. The Bertz CT molecular complexity index is 406. The molecular formula is C14H23N3OS. The first kappa shape index (κ1) is 14.3. The van der Waals surface area contributed by atoms with Crippen molar-refractivity contribution in [1.29, 1.82) is 0 Å². The minimum Gasteiger partial charge on any atom is -0.476 e. The van der Waals surface area contributed by atoms with Crippen molar-refractivity contribution < 1.29 is 4.74 Å². The van der Waals surface area contributed by atoms with E-state index in [2.05, 4.69) is 24.1 Å². The Morgan fingerprint density at radius 3 is 3.05 bits per heavy atom. The Morgan fingerprint density at radius 2 is 2.37 bits per heavy atom. The van der Waals surface area contributed by atoms with Crippen LogP contribution in [0, 0.1) is 5.92 Å². The van der Waals surface area contributed by atoms with Crippen LogP contribution in [-0.2, 0) is 0 Å². The lowest BCUT2D eigenvalue weighted by atomic mass is 10.2. The van der Waals surface area contributed by atoms with E-state index >= 15 is 0 Å². The molecule has 1 atom stereocenters. The Labute approximate surface area is 119 Å². The number of nitrogens with two attached hydrogens (primary N) is 1. The third-order valence-corrected chi connectivity index (χ3v) is 4.17. The second-order valence-corrected chi connectivity index (χ2v) is 6.50. The van der Waals surface area contributed by atoms with Gasteiger partial charge in [-0.15, -0.1) is 0 Å². The van der Waals surface area contributed by atoms with Crippen molar-refractivity contribution >= 4 is 23.3 Å². The highest BCUT2D eigenvalue weighted by atomic mass is 32.2. The molecule has 1 unspecified atom stereocenters. The van der Waals surface area contributed by atoms with Gasteiger partial charge < -0.3 is 15.8 Å². The molecule has 2 heterocycles. The number of aromatic nitrogens is 1. The number of anilines is 2. The van der Waals surface area contributed by atoms with Crippen LogP contribution in [0.5, 0.6) is 5.88 Å². The molecule has 1 saturated heterocycles. The fraction of sp³-hybridized carbons (Fsp3) is 0.643. The van der Waals surface area contributed by atoms with Gasteiger partial charge in [-0.05, 0) is 36.6 Å². The summed E-state index contributed by atoms with van der Waals surface area (Å²) in [6.07, 6.45) is 2.48. The number of ether oxygens (including phenoxy) is 1. The standard InChI is InChI=1S/C14H23N3OS/c1-10(2)8-18-14-12(15)5-6-13(17-14)16-11-4-3-7-19-9-11/h5-6,10-11H,3-4,7-9,15H2,1-2H3,(H,16,17). The Balaban J connectivity index is 1.98. The molecule has 1 fully saturated rings. The van der Waals surface area contributed by atoms with Crippen molar-refractivity contribution in [3.8, 4) is 5.88 Å². The van der Waals surface area contributed by atoms with Gasteiger partial charge in [0.15, 0.2) is 0 Å². The van der Waals surface area contributed by atoms with Gasteiger partial charge in [0.1, 0.15) is 5.82 Å². The highest BCUT2D eigenvalue weighted by molar-refractivity contribution is 7.99. The third-order valence-electron chi connectivity index (χ3n) is 2.96. The van der Waals surface area contributed by atoms with Crippen LogP contribution in [-0.4, -0.2) is 29.1 Å². The molecule has 0 aromatic carbocycles. The smallest absolute Gasteiger partial charge is 0.239 e. The SMILES string of the molecule is CC(C)COc1nc(NC2CCCSC2)ccc1N. The largest absolute Gasteiger partial charge is 0.476 e. The molecule has 1 aliphatic heterocycles. The van der Waals surface area contributed by atoms with Crippen LogP contribution in [0.25, 0.3) is 0 Å². The van der Waals surface area contributed by atoms with Crippen LogP contribution in [0.4, 0.5) is 11.5 Å². The Morgan fingerprint density at radius 1 is 1.53 bits per heavy atom. The van der Waals surface area contributed by atoms with E-state index in [4.69, 9.17) is 10.5 Å². The highest BCUT2D eigenvalue weighted by Crippen LogP contribution is 2.24. The summed E-state index contributed by atoms with van der Waals surface area (Å²) >= 11 is 2.00. The molecule has 5 heteroatoms. The topological polar surface area (TPSA) is 60.2 Å². The Hall–Kier alpha value is -1.10. The van der Waals surface area contributed by atoms with Crippen LogP contribution in [0.3, 0.4) is 0 Å². The van der Waals surface area contributed by atoms with E-state index in [1.54, 1.807) is 0 Å². The predicted molar refractivity (Wildman–Crippen MR) is 83.0 cm³/mol. The van der Waals surface area contributed by atoms with Gasteiger partial charge in [0.05, 0.1) is 12.3 Å². The van der Waals surface area contributed by atoms with Crippen LogP contribution in [0.15, 0.2) is 12.1 Å². The number of nitrogen functional groups attached to an aromatic ring is 1. The number of rotatable bonds is 5. The molecule has 0 amide bonds. The van der Waals surface area contributed by atoms with Crippen molar-refractivity contribution in [2.45, 2.75) is 32.7 Å². The third kappa shape index (κ3) is 4.49. The van der Waals surface area contributed by atoms with Gasteiger partial charge in [-0.25, -0.2) is 0 Å². The minimum absolute atomic E-state index is 0.465. The van der Waals surface area contributed by atoms with Crippen LogP contribution < -0.4 is 15.8 Å². The molecule has 1 aliphatic rings. The lowest BCUT2D eigenvalue weighted by molar-refractivity contribution is 0.263. The van der Waals surface area contributed by atoms with E-state index in [0.29, 0.717) is 30.1 Å². The summed E-state index contributed by atoms with van der Waals surface area (Å²) in [5.41, 5.74) is 6.49. The maximum atomic E-state index is 5.89. The van der Waals surface area contributed by atoms with Gasteiger partial charge in [0, 0.05) is 11.8 Å². The molecule has 0 aliphatic carbocycles. The normalized spacial score (nSPS) is 19.4. The average Bonchev–Trinajstić information content (AvgIpc) is 2.40. The van der Waals surface area contributed by atoms with Crippen molar-refractivity contribution in [3.05, 3.63) is 12.1 Å². The monoisotopic (exact) mass is 281 g/mol. The molecule has 1 aromatic heterocycles. The highest BCUT2D eigenvalue weighted by Gasteiger charge is 2.14. The van der Waals surface area contributed by atoms with Crippen LogP contribution >= 0.6 is 11.8 Å². The maximum absolute atomic E-state index is 5.89. The van der Waals surface area contributed by atoms with Gasteiger partial charge >= 0.3 is 0 Å². The van der Waals surface area contributed by atoms with Crippen molar-refractivity contribution in [3.63, 3.8) is 0 Å². The van der Waals surface area contributed by atoms with E-state index in [9.17, 15) is 0 Å². The van der Waals surface area contributed by atoms with Gasteiger partial charge in [0.25, 0.3) is 0 Å². The maximum Gasteiger partial charge on any atom is 0.239 e. The molecule has 3 N–H and O–H groups in total. The molecule has 106 valence electrons. The number of thioether (sulfide) groups is 1. The summed E-state index contributed by atoms with van der Waals surface area (Å²) in [5.74, 6) is 4.29. The van der Waals surface area contributed by atoms with Gasteiger partial charge in [-0.3, -0.25) is 0 Å². The lowest BCUT2D eigenvalue weighted by Crippen LogP contribution is -2.26. The first-order valence-electron chi connectivity index (χ1n) is 6.88. The summed E-state index contributed by atoms with van der Waals surface area (Å²) < 4.78 is 5.65. The summed E-state index contributed by atoms with van der Waals surface area (Å²) in [4.78, 5) is 4.47. The van der Waals surface area contributed by atoms with Crippen LogP contribution in [0.1, 0.15) is 26.7 Å². The van der Waals surface area contributed by atoms with Gasteiger partial charge in [-0.1, -0.05) is 13.8 Å². The van der Waals surface area contributed by atoms with E-state index in [1.807, 2.05) is 23.9 Å². The summed E-state index contributed by atoms with van der Waals surface area (Å²) in [5, 5.41) is 3.47. The molecule has 0 bridgehead atoms. The number of hydrogen-bond donors (Lipinski definition) is 2. The zero-order valence-corrected chi connectivity index (χ0v) is 12.5. The predicted octanol–water partition coefficient (Wildman–Crippen LogP) is 3.01. The number of hydrogen-bond acceptors (Lipinski definition) is 5.